The van der Waals surface area contributed by atoms with Crippen molar-refractivity contribution in [2.45, 2.75) is 37.8 Å². The van der Waals surface area contributed by atoms with Gasteiger partial charge in [0.15, 0.2) is 0 Å². The molecule has 2 aliphatic carbocycles. The Morgan fingerprint density at radius 3 is 2.86 bits per heavy atom. The molecule has 0 heterocycles. The third-order valence-corrected chi connectivity index (χ3v) is 3.32. The van der Waals surface area contributed by atoms with Crippen molar-refractivity contribution in [2.75, 3.05) is 5.73 Å². The molecule has 1 saturated carbocycles. The van der Waals surface area contributed by atoms with E-state index in [0.717, 1.165) is 18.2 Å². The normalized spacial score (nSPS) is 25.0. The van der Waals surface area contributed by atoms with E-state index in [4.69, 9.17) is 5.73 Å². The van der Waals surface area contributed by atoms with Gasteiger partial charge in [-0.2, -0.15) is 0 Å². The molecule has 0 bridgehead atoms. The lowest BCUT2D eigenvalue weighted by Gasteiger charge is -2.13. The molecule has 1 aromatic carbocycles. The molecule has 1 atom stereocenters. The van der Waals surface area contributed by atoms with E-state index in [2.05, 4.69) is 17.4 Å². The first kappa shape index (κ1) is 8.30. The van der Waals surface area contributed by atoms with Crippen LogP contribution in [0.15, 0.2) is 18.2 Å². The highest BCUT2D eigenvalue weighted by Crippen LogP contribution is 2.36. The lowest BCUT2D eigenvalue weighted by molar-refractivity contribution is 0.527. The standard InChI is InChI=1S/C12H16N2/c13-11-3-1-2-10-9(11)6-7-12(10)14-8-4-5-8/h1-3,8,12,14H,4-7,13H2. The maximum Gasteiger partial charge on any atom is 0.0349 e. The summed E-state index contributed by atoms with van der Waals surface area (Å²) in [6.45, 7) is 0. The quantitative estimate of drug-likeness (QED) is 0.697. The monoisotopic (exact) mass is 188 g/mol. The molecule has 0 aromatic heterocycles. The van der Waals surface area contributed by atoms with E-state index in [-0.39, 0.29) is 0 Å². The summed E-state index contributed by atoms with van der Waals surface area (Å²) < 4.78 is 0. The van der Waals surface area contributed by atoms with Gasteiger partial charge >= 0.3 is 0 Å². The first-order valence-corrected chi connectivity index (χ1v) is 5.48. The smallest absolute Gasteiger partial charge is 0.0349 e. The average Bonchev–Trinajstić information content (AvgIpc) is 2.88. The van der Waals surface area contributed by atoms with E-state index in [1.807, 2.05) is 6.07 Å². The molecule has 3 rings (SSSR count). The zero-order chi connectivity index (χ0) is 9.54. The van der Waals surface area contributed by atoms with Gasteiger partial charge in [0, 0.05) is 17.8 Å². The number of fused-ring (bicyclic) bond motifs is 1. The van der Waals surface area contributed by atoms with E-state index in [9.17, 15) is 0 Å². The molecule has 0 saturated heterocycles. The number of nitrogen functional groups attached to an aromatic ring is 1. The van der Waals surface area contributed by atoms with Gasteiger partial charge < -0.3 is 11.1 Å². The van der Waals surface area contributed by atoms with Crippen LogP contribution in [0.2, 0.25) is 0 Å². The van der Waals surface area contributed by atoms with E-state index in [1.165, 1.54) is 30.4 Å². The van der Waals surface area contributed by atoms with Crippen LogP contribution < -0.4 is 11.1 Å². The second kappa shape index (κ2) is 2.99. The van der Waals surface area contributed by atoms with Gasteiger partial charge in [0.05, 0.1) is 0 Å². The number of benzene rings is 1. The first-order valence-electron chi connectivity index (χ1n) is 5.48. The molecule has 3 N–H and O–H groups in total. The summed E-state index contributed by atoms with van der Waals surface area (Å²) in [4.78, 5) is 0. The molecule has 1 unspecified atom stereocenters. The minimum absolute atomic E-state index is 0.570. The number of nitrogens with one attached hydrogen (secondary N) is 1. The fraction of sp³-hybridized carbons (Fsp3) is 0.500. The van der Waals surface area contributed by atoms with Crippen molar-refractivity contribution in [3.63, 3.8) is 0 Å². The molecule has 1 fully saturated rings. The summed E-state index contributed by atoms with van der Waals surface area (Å²) in [5, 5.41) is 3.68. The van der Waals surface area contributed by atoms with Crippen molar-refractivity contribution in [1.29, 1.82) is 0 Å². The summed E-state index contributed by atoms with van der Waals surface area (Å²) in [7, 11) is 0. The van der Waals surface area contributed by atoms with Crippen LogP contribution in [0.4, 0.5) is 5.69 Å². The van der Waals surface area contributed by atoms with Gasteiger partial charge in [-0.3, -0.25) is 0 Å². The van der Waals surface area contributed by atoms with Crippen molar-refractivity contribution < 1.29 is 0 Å². The van der Waals surface area contributed by atoms with Gasteiger partial charge in [0.1, 0.15) is 0 Å². The number of anilines is 1. The molecule has 0 spiro atoms. The summed E-state index contributed by atoms with van der Waals surface area (Å²) >= 11 is 0. The van der Waals surface area contributed by atoms with Gasteiger partial charge in [0.2, 0.25) is 0 Å². The van der Waals surface area contributed by atoms with E-state index < -0.39 is 0 Å². The zero-order valence-electron chi connectivity index (χ0n) is 8.29. The van der Waals surface area contributed by atoms with Gasteiger partial charge in [-0.1, -0.05) is 12.1 Å². The van der Waals surface area contributed by atoms with Crippen LogP contribution in [0, 0.1) is 0 Å². The van der Waals surface area contributed by atoms with Crippen molar-refractivity contribution in [3.8, 4) is 0 Å². The van der Waals surface area contributed by atoms with Crippen molar-refractivity contribution in [3.05, 3.63) is 29.3 Å². The maximum atomic E-state index is 5.95. The lowest BCUT2D eigenvalue weighted by Crippen LogP contribution is -2.21. The number of hydrogen-bond donors (Lipinski definition) is 2. The molecule has 0 radical (unpaired) electrons. The second-order valence-corrected chi connectivity index (χ2v) is 4.45. The molecular formula is C12H16N2. The zero-order valence-corrected chi connectivity index (χ0v) is 8.29. The van der Waals surface area contributed by atoms with Gasteiger partial charge in [-0.15, -0.1) is 0 Å². The highest BCUT2D eigenvalue weighted by atomic mass is 15.0. The predicted octanol–water partition coefficient (Wildman–Crippen LogP) is 2.01. The van der Waals surface area contributed by atoms with Crippen LogP contribution in [0.3, 0.4) is 0 Å². The molecule has 0 aliphatic heterocycles. The minimum atomic E-state index is 0.570. The minimum Gasteiger partial charge on any atom is -0.398 e. The highest BCUT2D eigenvalue weighted by Gasteiger charge is 2.29. The van der Waals surface area contributed by atoms with E-state index in [1.54, 1.807) is 0 Å². The fourth-order valence-electron chi connectivity index (χ4n) is 2.39. The van der Waals surface area contributed by atoms with Crippen LogP contribution in [0.1, 0.15) is 36.4 Å². The third-order valence-electron chi connectivity index (χ3n) is 3.32. The number of hydrogen-bond acceptors (Lipinski definition) is 2. The Labute approximate surface area is 84.5 Å². The largest absolute Gasteiger partial charge is 0.398 e. The lowest BCUT2D eigenvalue weighted by atomic mass is 10.1. The van der Waals surface area contributed by atoms with Gasteiger partial charge in [-0.25, -0.2) is 0 Å². The van der Waals surface area contributed by atoms with Crippen molar-refractivity contribution in [1.82, 2.24) is 5.32 Å². The fourth-order valence-corrected chi connectivity index (χ4v) is 2.39. The summed E-state index contributed by atoms with van der Waals surface area (Å²) in [6, 6.07) is 7.66. The second-order valence-electron chi connectivity index (χ2n) is 4.45. The van der Waals surface area contributed by atoms with E-state index in [0.29, 0.717) is 6.04 Å². The highest BCUT2D eigenvalue weighted by molar-refractivity contribution is 5.54. The van der Waals surface area contributed by atoms with Crippen molar-refractivity contribution in [2.24, 2.45) is 0 Å². The third kappa shape index (κ3) is 1.30. The Kier molecular flexibility index (Phi) is 1.77. The molecule has 2 heteroatoms. The van der Waals surface area contributed by atoms with Crippen molar-refractivity contribution >= 4 is 5.69 Å². The number of nitrogens with two attached hydrogens (primary N) is 1. The first-order chi connectivity index (χ1) is 6.84. The molecule has 2 aliphatic rings. The molecule has 74 valence electrons. The Bertz CT molecular complexity index is 355. The van der Waals surface area contributed by atoms with Crippen LogP contribution in [0.5, 0.6) is 0 Å². The molecule has 14 heavy (non-hydrogen) atoms. The SMILES string of the molecule is Nc1cccc2c1CCC2NC1CC1. The Morgan fingerprint density at radius 2 is 2.07 bits per heavy atom. The van der Waals surface area contributed by atoms with E-state index >= 15 is 0 Å². The molecule has 1 aromatic rings. The van der Waals surface area contributed by atoms with Gasteiger partial charge in [-0.05, 0) is 42.9 Å². The Morgan fingerprint density at radius 1 is 1.21 bits per heavy atom. The summed E-state index contributed by atoms with van der Waals surface area (Å²) in [5.74, 6) is 0. The number of rotatable bonds is 2. The van der Waals surface area contributed by atoms with Gasteiger partial charge in [0.25, 0.3) is 0 Å². The summed E-state index contributed by atoms with van der Waals surface area (Å²) in [6.07, 6.45) is 5.08. The van der Waals surface area contributed by atoms with Crippen LogP contribution in [-0.2, 0) is 6.42 Å². The van der Waals surface area contributed by atoms with Crippen LogP contribution in [-0.4, -0.2) is 6.04 Å². The molecule has 0 amide bonds. The topological polar surface area (TPSA) is 38.0 Å². The maximum absolute atomic E-state index is 5.95. The Balaban J connectivity index is 1.89. The molecule has 2 nitrogen and oxygen atoms in total. The Hall–Kier alpha value is -1.02. The predicted molar refractivity (Wildman–Crippen MR) is 58.1 cm³/mol. The van der Waals surface area contributed by atoms with Crippen LogP contribution >= 0.6 is 0 Å². The average molecular weight is 188 g/mol. The van der Waals surface area contributed by atoms with Crippen LogP contribution in [0.25, 0.3) is 0 Å². The molecular weight excluding hydrogens is 172 g/mol. The summed E-state index contributed by atoms with van der Waals surface area (Å²) in [5.41, 5.74) is 9.75.